The van der Waals surface area contributed by atoms with Crippen molar-refractivity contribution < 1.29 is 14.4 Å². The van der Waals surface area contributed by atoms with E-state index in [2.05, 4.69) is 20.6 Å². The van der Waals surface area contributed by atoms with Crippen LogP contribution in [0.15, 0.2) is 5.38 Å². The second-order valence-electron chi connectivity index (χ2n) is 5.18. The lowest BCUT2D eigenvalue weighted by Crippen LogP contribution is -2.21. The van der Waals surface area contributed by atoms with E-state index in [-0.39, 0.29) is 24.1 Å². The summed E-state index contributed by atoms with van der Waals surface area (Å²) in [6.45, 7) is 3.12. The van der Waals surface area contributed by atoms with Gasteiger partial charge in [0.25, 0.3) is 5.91 Å². The number of aryl methyl sites for hydroxylation is 1. The van der Waals surface area contributed by atoms with Crippen molar-refractivity contribution in [1.82, 2.24) is 14.9 Å². The number of thiazole rings is 2. The molecule has 8 nitrogen and oxygen atoms in total. The van der Waals surface area contributed by atoms with Crippen LogP contribution in [0.4, 0.5) is 10.3 Å². The van der Waals surface area contributed by atoms with Crippen LogP contribution in [-0.4, -0.2) is 46.7 Å². The zero-order valence-corrected chi connectivity index (χ0v) is 15.3. The van der Waals surface area contributed by atoms with E-state index in [0.29, 0.717) is 26.5 Å². The maximum absolute atomic E-state index is 12.1. The molecule has 0 saturated carbocycles. The Kier molecular flexibility index (Phi) is 5.62. The van der Waals surface area contributed by atoms with Gasteiger partial charge in [-0.3, -0.25) is 14.4 Å². The summed E-state index contributed by atoms with van der Waals surface area (Å²) in [6.07, 6.45) is 0.0612. The van der Waals surface area contributed by atoms with Gasteiger partial charge in [-0.25, -0.2) is 9.97 Å². The molecule has 0 aliphatic heterocycles. The largest absolute Gasteiger partial charge is 0.344 e. The van der Waals surface area contributed by atoms with Crippen LogP contribution in [0.5, 0.6) is 0 Å². The van der Waals surface area contributed by atoms with E-state index in [1.807, 2.05) is 0 Å². The molecule has 0 bridgehead atoms. The molecule has 2 aromatic heterocycles. The lowest BCUT2D eigenvalue weighted by atomic mass is 10.3. The van der Waals surface area contributed by atoms with E-state index < -0.39 is 0 Å². The molecule has 2 N–H and O–H groups in total. The standard InChI is InChI=1S/C14H17N5O3S2/c1-7-11(12(22)19(3)4)24-14(15-7)18-10(21)5-9-6-23-13(17-9)16-8(2)20/h6H,5H2,1-4H3,(H,15,18,21)(H,16,17,20). The Morgan fingerprint density at radius 1 is 1.17 bits per heavy atom. The minimum atomic E-state index is -0.285. The van der Waals surface area contributed by atoms with E-state index in [1.165, 1.54) is 23.2 Å². The molecule has 0 spiro atoms. The molecule has 0 radical (unpaired) electrons. The molecule has 0 saturated heterocycles. The number of carbonyl (C=O) groups is 3. The Balaban J connectivity index is 2.00. The SMILES string of the molecule is CC(=O)Nc1nc(CC(=O)Nc2nc(C)c(C(=O)N(C)C)s2)cs1. The third kappa shape index (κ3) is 4.59. The first-order chi connectivity index (χ1) is 11.3. The van der Waals surface area contributed by atoms with E-state index >= 15 is 0 Å². The summed E-state index contributed by atoms with van der Waals surface area (Å²) in [7, 11) is 3.32. The van der Waals surface area contributed by atoms with Gasteiger partial charge < -0.3 is 15.5 Å². The summed E-state index contributed by atoms with van der Waals surface area (Å²) >= 11 is 2.39. The van der Waals surface area contributed by atoms with Crippen molar-refractivity contribution in [3.8, 4) is 0 Å². The molecule has 2 aromatic rings. The summed E-state index contributed by atoms with van der Waals surface area (Å²) in [5, 5.41) is 7.77. The summed E-state index contributed by atoms with van der Waals surface area (Å²) in [5.74, 6) is -0.645. The molecular formula is C14H17N5O3S2. The highest BCUT2D eigenvalue weighted by Crippen LogP contribution is 2.24. The molecule has 2 rings (SSSR count). The van der Waals surface area contributed by atoms with Gasteiger partial charge in [-0.15, -0.1) is 11.3 Å². The molecule has 0 unspecified atom stereocenters. The van der Waals surface area contributed by atoms with Crippen molar-refractivity contribution >= 4 is 50.7 Å². The van der Waals surface area contributed by atoms with Crippen LogP contribution in [0.2, 0.25) is 0 Å². The number of amides is 3. The van der Waals surface area contributed by atoms with Gasteiger partial charge in [0.2, 0.25) is 11.8 Å². The highest BCUT2D eigenvalue weighted by atomic mass is 32.1. The Morgan fingerprint density at radius 3 is 2.50 bits per heavy atom. The number of hydrogen-bond donors (Lipinski definition) is 2. The summed E-state index contributed by atoms with van der Waals surface area (Å²) < 4.78 is 0. The van der Waals surface area contributed by atoms with Gasteiger partial charge in [0.05, 0.1) is 17.8 Å². The normalized spacial score (nSPS) is 10.3. The van der Waals surface area contributed by atoms with Crippen LogP contribution in [0.1, 0.15) is 28.0 Å². The Bertz CT molecular complexity index is 781. The van der Waals surface area contributed by atoms with E-state index in [9.17, 15) is 14.4 Å². The number of nitrogens with one attached hydrogen (secondary N) is 2. The lowest BCUT2D eigenvalue weighted by molar-refractivity contribution is -0.116. The van der Waals surface area contributed by atoms with E-state index in [4.69, 9.17) is 0 Å². The average Bonchev–Trinajstić information content (AvgIpc) is 3.03. The van der Waals surface area contributed by atoms with Gasteiger partial charge in [0, 0.05) is 26.4 Å². The van der Waals surface area contributed by atoms with Gasteiger partial charge in [-0.1, -0.05) is 11.3 Å². The molecule has 0 fully saturated rings. The van der Waals surface area contributed by atoms with Crippen molar-refractivity contribution in [1.29, 1.82) is 0 Å². The number of nitrogens with zero attached hydrogens (tertiary/aromatic N) is 3. The summed E-state index contributed by atoms with van der Waals surface area (Å²) in [5.41, 5.74) is 1.13. The van der Waals surface area contributed by atoms with Crippen LogP contribution in [0.25, 0.3) is 0 Å². The number of hydrogen-bond acceptors (Lipinski definition) is 7. The van der Waals surface area contributed by atoms with Gasteiger partial charge in [-0.2, -0.15) is 0 Å². The predicted octanol–water partition coefficient (Wildman–Crippen LogP) is 1.75. The third-order valence-corrected chi connectivity index (χ3v) is 4.69. The van der Waals surface area contributed by atoms with Crippen LogP contribution in [0, 0.1) is 6.92 Å². The van der Waals surface area contributed by atoms with Crippen LogP contribution in [-0.2, 0) is 16.0 Å². The highest BCUT2D eigenvalue weighted by Gasteiger charge is 2.18. The molecule has 128 valence electrons. The van der Waals surface area contributed by atoms with Gasteiger partial charge in [-0.05, 0) is 6.92 Å². The molecule has 2 heterocycles. The lowest BCUT2D eigenvalue weighted by Gasteiger charge is -2.07. The van der Waals surface area contributed by atoms with Crippen molar-refractivity contribution in [2.45, 2.75) is 20.3 Å². The van der Waals surface area contributed by atoms with E-state index in [1.54, 1.807) is 26.4 Å². The molecule has 3 amide bonds. The van der Waals surface area contributed by atoms with Crippen molar-refractivity contribution in [2.75, 3.05) is 24.7 Å². The van der Waals surface area contributed by atoms with Crippen LogP contribution in [0.3, 0.4) is 0 Å². The number of anilines is 2. The summed E-state index contributed by atoms with van der Waals surface area (Å²) in [4.78, 5) is 45.3. The second kappa shape index (κ2) is 7.49. The molecule has 24 heavy (non-hydrogen) atoms. The van der Waals surface area contributed by atoms with Gasteiger partial charge in [0.15, 0.2) is 10.3 Å². The Labute approximate surface area is 146 Å². The van der Waals surface area contributed by atoms with Crippen molar-refractivity contribution in [2.24, 2.45) is 0 Å². The Morgan fingerprint density at radius 2 is 1.88 bits per heavy atom. The minimum Gasteiger partial charge on any atom is -0.344 e. The molecule has 0 atom stereocenters. The number of aromatic nitrogens is 2. The molecule has 0 aromatic carbocycles. The quantitative estimate of drug-likeness (QED) is 0.838. The summed E-state index contributed by atoms with van der Waals surface area (Å²) in [6, 6.07) is 0. The molecule has 10 heteroatoms. The fourth-order valence-corrected chi connectivity index (χ4v) is 3.54. The maximum Gasteiger partial charge on any atom is 0.265 e. The van der Waals surface area contributed by atoms with Crippen molar-refractivity contribution in [3.63, 3.8) is 0 Å². The molecular weight excluding hydrogens is 350 g/mol. The molecule has 0 aliphatic carbocycles. The minimum absolute atomic E-state index is 0.0612. The van der Waals surface area contributed by atoms with E-state index in [0.717, 1.165) is 11.3 Å². The van der Waals surface area contributed by atoms with Gasteiger partial charge >= 0.3 is 0 Å². The zero-order valence-electron chi connectivity index (χ0n) is 13.7. The van der Waals surface area contributed by atoms with Crippen LogP contribution >= 0.6 is 22.7 Å². The smallest absolute Gasteiger partial charge is 0.265 e. The monoisotopic (exact) mass is 367 g/mol. The number of rotatable bonds is 5. The van der Waals surface area contributed by atoms with Crippen molar-refractivity contribution in [3.05, 3.63) is 21.6 Å². The zero-order chi connectivity index (χ0) is 17.9. The Hall–Kier alpha value is -2.33. The third-order valence-electron chi connectivity index (χ3n) is 2.82. The second-order valence-corrected chi connectivity index (χ2v) is 7.04. The topological polar surface area (TPSA) is 104 Å². The first kappa shape index (κ1) is 18.0. The number of carbonyl (C=O) groups excluding carboxylic acids is 3. The van der Waals surface area contributed by atoms with Gasteiger partial charge in [0.1, 0.15) is 4.88 Å². The maximum atomic E-state index is 12.1. The fourth-order valence-electron chi connectivity index (χ4n) is 1.78. The molecule has 0 aliphatic rings. The van der Waals surface area contributed by atoms with Crippen LogP contribution < -0.4 is 10.6 Å². The average molecular weight is 367 g/mol. The fraction of sp³-hybridized carbons (Fsp3) is 0.357. The first-order valence-electron chi connectivity index (χ1n) is 6.97. The highest BCUT2D eigenvalue weighted by molar-refractivity contribution is 7.17. The first-order valence-corrected chi connectivity index (χ1v) is 8.66. The predicted molar refractivity (Wildman–Crippen MR) is 93.6 cm³/mol.